The molecule has 1 rings (SSSR count). The van der Waals surface area contributed by atoms with E-state index in [0.29, 0.717) is 0 Å². The first-order chi connectivity index (χ1) is 5.41. The fourth-order valence-corrected chi connectivity index (χ4v) is 0.949. The first-order valence-corrected chi connectivity index (χ1v) is 3.93. The summed E-state index contributed by atoms with van der Waals surface area (Å²) in [6, 6.07) is 0.976. The lowest BCUT2D eigenvalue weighted by Crippen LogP contribution is -2.03. The number of rotatable bonds is 1. The zero-order valence-corrected chi connectivity index (χ0v) is 7.76. The summed E-state index contributed by atoms with van der Waals surface area (Å²) in [7, 11) is 0. The Kier molecular flexibility index (Phi) is 2.76. The molecule has 0 N–H and O–H groups in total. The van der Waals surface area contributed by atoms with Crippen LogP contribution in [0.4, 0.5) is 8.78 Å². The minimum absolute atomic E-state index is 0.197. The number of pyridine rings is 1. The molecule has 1 heterocycles. The number of hydrogen-bond acceptors (Lipinski definition) is 1. The Bertz CT molecular complexity index is 297. The molecule has 12 heavy (non-hydrogen) atoms. The minimum atomic E-state index is -2.59. The lowest BCUT2D eigenvalue weighted by Gasteiger charge is -2.08. The number of aromatic nitrogens is 1. The van der Waals surface area contributed by atoms with Gasteiger partial charge in [0, 0.05) is 11.8 Å². The van der Waals surface area contributed by atoms with Gasteiger partial charge in [0.15, 0.2) is 0 Å². The molecule has 0 aromatic carbocycles. The highest BCUT2D eigenvalue weighted by Gasteiger charge is 2.26. The van der Waals surface area contributed by atoms with Gasteiger partial charge in [-0.25, -0.2) is 9.37 Å². The molecule has 0 aliphatic carbocycles. The Morgan fingerprint density at radius 3 is 2.42 bits per heavy atom. The normalized spacial score (nSPS) is 11.8. The molecule has 0 spiro atoms. The molecule has 1 aromatic heterocycles. The fourth-order valence-electron chi connectivity index (χ4n) is 0.576. The molecule has 0 aliphatic rings. The van der Waals surface area contributed by atoms with E-state index in [2.05, 4.69) is 4.98 Å². The molecule has 0 fully saturated rings. The summed E-state index contributed by atoms with van der Waals surface area (Å²) < 4.78 is 22.6. The van der Waals surface area contributed by atoms with Crippen molar-refractivity contribution < 1.29 is 8.78 Å². The largest absolute Gasteiger partial charge is 0.284 e. The molecule has 0 radical (unpaired) electrons. The van der Waals surface area contributed by atoms with Crippen LogP contribution >= 0.6 is 34.8 Å². The number of halogens is 5. The van der Waals surface area contributed by atoms with E-state index in [9.17, 15) is 8.78 Å². The van der Waals surface area contributed by atoms with Crippen LogP contribution in [0.1, 0.15) is 5.56 Å². The number of alkyl halides is 3. The molecule has 0 atom stereocenters. The minimum Gasteiger partial charge on any atom is -0.227 e. The summed E-state index contributed by atoms with van der Waals surface area (Å²) in [6.45, 7) is 0. The zero-order valence-electron chi connectivity index (χ0n) is 5.49. The molecule has 6 heteroatoms. The molecule has 0 saturated carbocycles. The van der Waals surface area contributed by atoms with Crippen LogP contribution in [0.2, 0.25) is 5.02 Å². The Morgan fingerprint density at radius 2 is 2.00 bits per heavy atom. The first kappa shape index (κ1) is 9.96. The van der Waals surface area contributed by atoms with Crippen molar-refractivity contribution in [2.24, 2.45) is 0 Å². The van der Waals surface area contributed by atoms with Gasteiger partial charge in [0.1, 0.15) is 0 Å². The van der Waals surface area contributed by atoms with Gasteiger partial charge in [-0.1, -0.05) is 34.8 Å². The standard InChI is InChI=1S/C6H2Cl3F2N/c7-4-1-3(6(8,9)11)2-12-5(4)10/h1-2H. The summed E-state index contributed by atoms with van der Waals surface area (Å²) in [5.74, 6) is -0.891. The molecular formula is C6H2Cl3F2N. The monoisotopic (exact) mass is 231 g/mol. The lowest BCUT2D eigenvalue weighted by atomic mass is 10.3. The van der Waals surface area contributed by atoms with Gasteiger partial charge in [-0.05, 0) is 6.07 Å². The van der Waals surface area contributed by atoms with Crippen LogP contribution in [0, 0.1) is 5.95 Å². The zero-order chi connectivity index (χ0) is 9.35. The molecule has 0 saturated heterocycles. The van der Waals surface area contributed by atoms with E-state index in [1.165, 1.54) is 0 Å². The van der Waals surface area contributed by atoms with E-state index >= 15 is 0 Å². The van der Waals surface area contributed by atoms with Gasteiger partial charge in [-0.2, -0.15) is 4.39 Å². The van der Waals surface area contributed by atoms with Crippen LogP contribution in [0.3, 0.4) is 0 Å². The van der Waals surface area contributed by atoms with E-state index in [1.54, 1.807) is 0 Å². The molecule has 1 nitrogen and oxygen atoms in total. The van der Waals surface area contributed by atoms with Crippen molar-refractivity contribution in [1.82, 2.24) is 4.98 Å². The maximum absolute atomic E-state index is 12.7. The maximum atomic E-state index is 12.7. The Hall–Kier alpha value is -0.120. The summed E-state index contributed by atoms with van der Waals surface area (Å²) in [4.78, 5) is 3.14. The van der Waals surface area contributed by atoms with Gasteiger partial charge in [-0.3, -0.25) is 0 Å². The predicted octanol–water partition coefficient (Wildman–Crippen LogP) is 3.43. The average Bonchev–Trinajstić information content (AvgIpc) is 1.92. The summed E-state index contributed by atoms with van der Waals surface area (Å²) >= 11 is 15.4. The smallest absolute Gasteiger partial charge is 0.227 e. The van der Waals surface area contributed by atoms with Crippen LogP contribution in [-0.4, -0.2) is 4.98 Å². The first-order valence-electron chi connectivity index (χ1n) is 2.79. The van der Waals surface area contributed by atoms with Crippen molar-refractivity contribution in [1.29, 1.82) is 0 Å². The van der Waals surface area contributed by atoms with Gasteiger partial charge in [-0.15, -0.1) is 0 Å². The third kappa shape index (κ3) is 2.19. The molecule has 0 aliphatic heterocycles. The highest BCUT2D eigenvalue weighted by atomic mass is 35.5. The molecule has 1 aromatic rings. The highest BCUT2D eigenvalue weighted by molar-refractivity contribution is 6.46. The second kappa shape index (κ2) is 3.32. The summed E-state index contributed by atoms with van der Waals surface area (Å²) in [5, 5.41) is -0.323. The van der Waals surface area contributed by atoms with Crippen LogP contribution in [0.15, 0.2) is 12.3 Å². The second-order valence-electron chi connectivity index (χ2n) is 1.99. The van der Waals surface area contributed by atoms with Crippen molar-refractivity contribution in [3.63, 3.8) is 0 Å². The van der Waals surface area contributed by atoms with Gasteiger partial charge in [0.05, 0.1) is 5.02 Å². The van der Waals surface area contributed by atoms with Gasteiger partial charge in [0.2, 0.25) is 5.95 Å². The lowest BCUT2D eigenvalue weighted by molar-refractivity contribution is 0.403. The summed E-state index contributed by atoms with van der Waals surface area (Å²) in [6.07, 6.45) is 0.876. The molecule has 0 bridgehead atoms. The van der Waals surface area contributed by atoms with Crippen LogP contribution in [0.5, 0.6) is 0 Å². The van der Waals surface area contributed by atoms with Crippen molar-refractivity contribution in [2.75, 3.05) is 0 Å². The van der Waals surface area contributed by atoms with Crippen molar-refractivity contribution in [3.8, 4) is 0 Å². The third-order valence-corrected chi connectivity index (χ3v) is 1.83. The van der Waals surface area contributed by atoms with E-state index < -0.39 is 10.5 Å². The van der Waals surface area contributed by atoms with E-state index in [4.69, 9.17) is 34.8 Å². The quantitative estimate of drug-likeness (QED) is 0.534. The average molecular weight is 232 g/mol. The number of nitrogens with zero attached hydrogens (tertiary/aromatic N) is 1. The topological polar surface area (TPSA) is 12.9 Å². The summed E-state index contributed by atoms with van der Waals surface area (Å²) in [5.41, 5.74) is -0.197. The van der Waals surface area contributed by atoms with Gasteiger partial charge in [0.25, 0.3) is 4.59 Å². The predicted molar refractivity (Wildman–Crippen MR) is 43.7 cm³/mol. The molecular weight excluding hydrogens is 230 g/mol. The van der Waals surface area contributed by atoms with E-state index in [1.807, 2.05) is 0 Å². The van der Waals surface area contributed by atoms with Crippen molar-refractivity contribution >= 4 is 34.8 Å². The fraction of sp³-hybridized carbons (Fsp3) is 0.167. The Balaban J connectivity index is 3.14. The van der Waals surface area contributed by atoms with Gasteiger partial charge < -0.3 is 0 Å². The second-order valence-corrected chi connectivity index (χ2v) is 3.64. The number of hydrogen-bond donors (Lipinski definition) is 0. The Morgan fingerprint density at radius 1 is 1.42 bits per heavy atom. The van der Waals surface area contributed by atoms with Crippen LogP contribution < -0.4 is 0 Å². The van der Waals surface area contributed by atoms with Crippen LogP contribution in [0.25, 0.3) is 0 Å². The van der Waals surface area contributed by atoms with Gasteiger partial charge >= 0.3 is 0 Å². The highest BCUT2D eigenvalue weighted by Crippen LogP contribution is 2.35. The van der Waals surface area contributed by atoms with Crippen molar-refractivity contribution in [2.45, 2.75) is 4.59 Å². The maximum Gasteiger partial charge on any atom is 0.284 e. The van der Waals surface area contributed by atoms with Crippen LogP contribution in [-0.2, 0) is 4.59 Å². The Labute approximate surface area is 82.3 Å². The van der Waals surface area contributed by atoms with Crippen molar-refractivity contribution in [3.05, 3.63) is 28.8 Å². The van der Waals surface area contributed by atoms with E-state index in [0.717, 1.165) is 12.3 Å². The van der Waals surface area contributed by atoms with E-state index in [-0.39, 0.29) is 10.6 Å². The SMILES string of the molecule is Fc1ncc(C(F)(Cl)Cl)cc1Cl. The molecule has 66 valence electrons. The third-order valence-electron chi connectivity index (χ3n) is 1.12. The molecule has 0 unspecified atom stereocenters. The molecule has 0 amide bonds.